The maximum absolute atomic E-state index is 11.9. The Hall–Kier alpha value is -1.59. The molecule has 2 aliphatic rings. The van der Waals surface area contributed by atoms with Gasteiger partial charge in [-0.3, -0.25) is 14.4 Å². The van der Waals surface area contributed by atoms with E-state index in [4.69, 9.17) is 5.11 Å². The molecule has 1 heterocycles. The zero-order valence-electron chi connectivity index (χ0n) is 11.6. The van der Waals surface area contributed by atoms with Crippen LogP contribution >= 0.6 is 0 Å². The van der Waals surface area contributed by atoms with E-state index in [-0.39, 0.29) is 37.4 Å². The number of hydrogen-bond donors (Lipinski definition) is 2. The van der Waals surface area contributed by atoms with Crippen molar-refractivity contribution in [3.63, 3.8) is 0 Å². The van der Waals surface area contributed by atoms with Crippen molar-refractivity contribution < 1.29 is 19.5 Å². The van der Waals surface area contributed by atoms with Gasteiger partial charge in [-0.15, -0.1) is 0 Å². The van der Waals surface area contributed by atoms with E-state index in [1.54, 1.807) is 0 Å². The number of carbonyl (C=O) groups is 3. The number of nitrogens with zero attached hydrogens (tertiary/aromatic N) is 1. The van der Waals surface area contributed by atoms with Gasteiger partial charge in [0.05, 0.1) is 12.5 Å². The van der Waals surface area contributed by atoms with E-state index in [0.29, 0.717) is 6.42 Å². The van der Waals surface area contributed by atoms with Crippen molar-refractivity contribution in [3.8, 4) is 0 Å². The Morgan fingerprint density at radius 2 is 1.90 bits per heavy atom. The molecule has 112 valence electrons. The zero-order chi connectivity index (χ0) is 14.5. The largest absolute Gasteiger partial charge is 0.481 e. The number of carboxylic acid groups (broad SMARTS) is 1. The van der Waals surface area contributed by atoms with Gasteiger partial charge in [0.15, 0.2) is 0 Å². The predicted octanol–water partition coefficient (Wildman–Crippen LogP) is 0.758. The molecule has 1 saturated heterocycles. The minimum atomic E-state index is -0.893. The fourth-order valence-corrected chi connectivity index (χ4v) is 2.96. The second kappa shape index (κ2) is 6.72. The Morgan fingerprint density at radius 1 is 1.20 bits per heavy atom. The van der Waals surface area contributed by atoms with Crippen molar-refractivity contribution in [2.24, 2.45) is 5.92 Å². The highest BCUT2D eigenvalue weighted by molar-refractivity contribution is 5.86. The molecule has 1 aliphatic heterocycles. The molecule has 1 unspecified atom stereocenters. The highest BCUT2D eigenvalue weighted by Crippen LogP contribution is 2.19. The summed E-state index contributed by atoms with van der Waals surface area (Å²) in [6, 6.07) is 0.214. The van der Waals surface area contributed by atoms with Crippen molar-refractivity contribution in [1.29, 1.82) is 0 Å². The van der Waals surface area contributed by atoms with E-state index in [9.17, 15) is 14.4 Å². The summed E-state index contributed by atoms with van der Waals surface area (Å²) in [6.45, 7) is 0.130. The van der Waals surface area contributed by atoms with Crippen molar-refractivity contribution in [2.45, 2.75) is 51.0 Å². The fourth-order valence-electron chi connectivity index (χ4n) is 2.96. The summed E-state index contributed by atoms with van der Waals surface area (Å²) >= 11 is 0. The van der Waals surface area contributed by atoms with Crippen LogP contribution in [0.3, 0.4) is 0 Å². The standard InChI is InChI=1S/C14H22N2O4/c17-12(15-11-4-2-1-3-5-11)9-16-8-10(14(19)20)6-7-13(16)18/h10-11H,1-9H2,(H,15,17)(H,19,20). The van der Waals surface area contributed by atoms with Crippen molar-refractivity contribution in [1.82, 2.24) is 10.2 Å². The molecule has 20 heavy (non-hydrogen) atoms. The molecule has 6 nitrogen and oxygen atoms in total. The van der Waals surface area contributed by atoms with E-state index in [2.05, 4.69) is 5.32 Å². The van der Waals surface area contributed by atoms with E-state index >= 15 is 0 Å². The van der Waals surface area contributed by atoms with Crippen LogP contribution in [0, 0.1) is 5.92 Å². The molecule has 0 aromatic heterocycles. The number of rotatable bonds is 4. The van der Waals surface area contributed by atoms with Crippen LogP contribution in [0.4, 0.5) is 0 Å². The first-order chi connectivity index (χ1) is 9.56. The molecule has 0 bridgehead atoms. The average Bonchev–Trinajstić information content (AvgIpc) is 2.42. The molecule has 1 aliphatic carbocycles. The lowest BCUT2D eigenvalue weighted by molar-refractivity contribution is -0.149. The highest BCUT2D eigenvalue weighted by Gasteiger charge is 2.31. The number of likely N-dealkylation sites (tertiary alicyclic amines) is 1. The van der Waals surface area contributed by atoms with Crippen LogP contribution in [0.15, 0.2) is 0 Å². The summed E-state index contributed by atoms with van der Waals surface area (Å²) < 4.78 is 0. The quantitative estimate of drug-likeness (QED) is 0.797. The molecule has 1 saturated carbocycles. The highest BCUT2D eigenvalue weighted by atomic mass is 16.4. The first kappa shape index (κ1) is 14.8. The van der Waals surface area contributed by atoms with Crippen LogP contribution in [0.1, 0.15) is 44.9 Å². The predicted molar refractivity (Wildman–Crippen MR) is 72.0 cm³/mol. The molecule has 2 fully saturated rings. The monoisotopic (exact) mass is 282 g/mol. The number of hydrogen-bond acceptors (Lipinski definition) is 3. The van der Waals surface area contributed by atoms with Gasteiger partial charge in [-0.05, 0) is 19.3 Å². The van der Waals surface area contributed by atoms with E-state index in [0.717, 1.165) is 25.7 Å². The third kappa shape index (κ3) is 3.95. The number of aliphatic carboxylic acids is 1. The molecule has 1 atom stereocenters. The van der Waals surface area contributed by atoms with E-state index < -0.39 is 11.9 Å². The molecule has 2 N–H and O–H groups in total. The Bertz CT molecular complexity index is 391. The third-order valence-electron chi connectivity index (χ3n) is 4.15. The van der Waals surface area contributed by atoms with Crippen molar-refractivity contribution >= 4 is 17.8 Å². The van der Waals surface area contributed by atoms with Gasteiger partial charge < -0.3 is 15.3 Å². The molecule has 0 aromatic rings. The summed E-state index contributed by atoms with van der Waals surface area (Å²) in [5.74, 6) is -1.73. The summed E-state index contributed by atoms with van der Waals surface area (Å²) in [5, 5.41) is 11.9. The summed E-state index contributed by atoms with van der Waals surface area (Å²) in [7, 11) is 0. The van der Waals surface area contributed by atoms with Crippen LogP contribution in [0.25, 0.3) is 0 Å². The van der Waals surface area contributed by atoms with Crippen LogP contribution < -0.4 is 5.32 Å². The topological polar surface area (TPSA) is 86.7 Å². The Kier molecular flexibility index (Phi) is 4.98. The van der Waals surface area contributed by atoms with E-state index in [1.807, 2.05) is 0 Å². The maximum atomic E-state index is 11.9. The van der Waals surface area contributed by atoms with Crippen LogP contribution in [0.2, 0.25) is 0 Å². The van der Waals surface area contributed by atoms with Crippen LogP contribution in [-0.2, 0) is 14.4 Å². The van der Waals surface area contributed by atoms with Gasteiger partial charge in [0.25, 0.3) is 0 Å². The van der Waals surface area contributed by atoms with Crippen molar-refractivity contribution in [2.75, 3.05) is 13.1 Å². The molecule has 2 rings (SSSR count). The number of carboxylic acids is 1. The van der Waals surface area contributed by atoms with E-state index in [1.165, 1.54) is 11.3 Å². The fraction of sp³-hybridized carbons (Fsp3) is 0.786. The minimum Gasteiger partial charge on any atom is -0.481 e. The number of nitrogens with one attached hydrogen (secondary N) is 1. The van der Waals surface area contributed by atoms with Gasteiger partial charge in [-0.1, -0.05) is 19.3 Å². The van der Waals surface area contributed by atoms with Gasteiger partial charge in [0, 0.05) is 19.0 Å². The lowest BCUT2D eigenvalue weighted by Crippen LogP contribution is -2.49. The minimum absolute atomic E-state index is 0.0148. The van der Waals surface area contributed by atoms with Crippen molar-refractivity contribution in [3.05, 3.63) is 0 Å². The summed E-state index contributed by atoms with van der Waals surface area (Å²) in [5.41, 5.74) is 0. The number of carbonyl (C=O) groups excluding carboxylic acids is 2. The number of piperidine rings is 1. The van der Waals surface area contributed by atoms with Crippen LogP contribution in [0.5, 0.6) is 0 Å². The third-order valence-corrected chi connectivity index (χ3v) is 4.15. The molecular weight excluding hydrogens is 260 g/mol. The first-order valence-electron chi connectivity index (χ1n) is 7.36. The second-order valence-electron chi connectivity index (χ2n) is 5.75. The summed E-state index contributed by atoms with van der Waals surface area (Å²) in [4.78, 5) is 36.0. The Morgan fingerprint density at radius 3 is 2.55 bits per heavy atom. The van der Waals surface area contributed by atoms with Crippen LogP contribution in [-0.4, -0.2) is 46.9 Å². The normalized spacial score (nSPS) is 24.5. The second-order valence-corrected chi connectivity index (χ2v) is 5.75. The van der Waals surface area contributed by atoms with Gasteiger partial charge in [-0.25, -0.2) is 0 Å². The van der Waals surface area contributed by atoms with Gasteiger partial charge in [0.2, 0.25) is 11.8 Å². The lowest BCUT2D eigenvalue weighted by atomic mass is 9.95. The molecule has 0 radical (unpaired) electrons. The Balaban J connectivity index is 1.82. The lowest BCUT2D eigenvalue weighted by Gasteiger charge is -2.31. The van der Waals surface area contributed by atoms with Gasteiger partial charge in [0.1, 0.15) is 0 Å². The molecule has 6 heteroatoms. The molecule has 0 aromatic carbocycles. The number of amides is 2. The first-order valence-corrected chi connectivity index (χ1v) is 7.36. The van der Waals surface area contributed by atoms with Gasteiger partial charge in [-0.2, -0.15) is 0 Å². The SMILES string of the molecule is O=C(CN1CC(C(=O)O)CCC1=O)NC1CCCCC1. The summed E-state index contributed by atoms with van der Waals surface area (Å²) in [6.07, 6.45) is 6.07. The smallest absolute Gasteiger partial charge is 0.308 e. The maximum Gasteiger partial charge on any atom is 0.308 e. The average molecular weight is 282 g/mol. The molecule has 0 spiro atoms. The molecule has 2 amide bonds. The Labute approximate surface area is 118 Å². The van der Waals surface area contributed by atoms with Gasteiger partial charge >= 0.3 is 5.97 Å². The zero-order valence-corrected chi connectivity index (χ0v) is 11.6. The molecular formula is C14H22N2O4.